The van der Waals surface area contributed by atoms with Gasteiger partial charge in [-0.1, -0.05) is 31.5 Å². The summed E-state index contributed by atoms with van der Waals surface area (Å²) in [5, 5.41) is 0. The Balaban J connectivity index is 1.37. The highest BCUT2D eigenvalue weighted by atomic mass is 32.2. The Morgan fingerprint density at radius 2 is 1.61 bits per heavy atom. The maximum Gasteiger partial charge on any atom is 0.297 e. The van der Waals surface area contributed by atoms with Gasteiger partial charge in [-0.25, -0.2) is 0 Å². The second kappa shape index (κ2) is 7.41. The molecule has 4 nitrogen and oxygen atoms in total. The molecular formula is C26H36O4S. The topological polar surface area (TPSA) is 60.4 Å². The van der Waals surface area contributed by atoms with Gasteiger partial charge in [-0.3, -0.25) is 8.98 Å². The van der Waals surface area contributed by atoms with E-state index in [1.807, 2.05) is 19.1 Å². The smallest absolute Gasteiger partial charge is 0.297 e. The Morgan fingerprint density at radius 1 is 0.903 bits per heavy atom. The Morgan fingerprint density at radius 3 is 2.35 bits per heavy atom. The molecule has 0 unspecified atom stereocenters. The number of carbonyl (C=O) groups is 1. The highest BCUT2D eigenvalue weighted by molar-refractivity contribution is 7.86. The summed E-state index contributed by atoms with van der Waals surface area (Å²) in [4.78, 5) is 12.4. The number of benzene rings is 1. The summed E-state index contributed by atoms with van der Waals surface area (Å²) in [6, 6.07) is 6.97. The molecule has 31 heavy (non-hydrogen) atoms. The molecule has 5 heteroatoms. The number of carbonyl (C=O) groups excluding carboxylic acids is 1. The fourth-order valence-corrected chi connectivity index (χ4v) is 9.27. The summed E-state index contributed by atoms with van der Waals surface area (Å²) in [6.45, 7) is 6.69. The van der Waals surface area contributed by atoms with Crippen LogP contribution in [-0.2, 0) is 19.1 Å². The first-order chi connectivity index (χ1) is 14.6. The van der Waals surface area contributed by atoms with Gasteiger partial charge in [-0.05, 0) is 98.5 Å². The minimum absolute atomic E-state index is 0.0768. The van der Waals surface area contributed by atoms with E-state index in [9.17, 15) is 13.2 Å². The first kappa shape index (κ1) is 21.6. The lowest BCUT2D eigenvalue weighted by Gasteiger charge is -2.60. The summed E-state index contributed by atoms with van der Waals surface area (Å²) >= 11 is 0. The monoisotopic (exact) mass is 444 g/mol. The van der Waals surface area contributed by atoms with Crippen LogP contribution in [0.15, 0.2) is 29.2 Å². The largest absolute Gasteiger partial charge is 0.300 e. The van der Waals surface area contributed by atoms with Crippen molar-refractivity contribution in [3.8, 4) is 0 Å². The van der Waals surface area contributed by atoms with E-state index in [2.05, 4.69) is 13.8 Å². The van der Waals surface area contributed by atoms with Crippen molar-refractivity contribution in [2.75, 3.05) is 0 Å². The van der Waals surface area contributed by atoms with Crippen LogP contribution in [-0.4, -0.2) is 20.3 Å². The van der Waals surface area contributed by atoms with Crippen LogP contribution in [0.3, 0.4) is 0 Å². The molecule has 4 aliphatic carbocycles. The average molecular weight is 445 g/mol. The summed E-state index contributed by atoms with van der Waals surface area (Å²) in [5.74, 6) is 2.85. The molecule has 0 bridgehead atoms. The molecule has 0 amide bonds. The SMILES string of the molecule is Cc1ccc(S(=O)(=O)O[C@H]2CC[C@H]3[C@H]4CC[C@H]5CC(=O)CC[C@]5(C)[C@@H]4CC[C@]23C)cc1. The van der Waals surface area contributed by atoms with E-state index in [0.717, 1.165) is 56.9 Å². The second-order valence-corrected chi connectivity index (χ2v) is 12.9. The van der Waals surface area contributed by atoms with Gasteiger partial charge in [0, 0.05) is 12.8 Å². The van der Waals surface area contributed by atoms with Gasteiger partial charge in [-0.15, -0.1) is 0 Å². The Hall–Kier alpha value is -1.20. The Kier molecular flexibility index (Phi) is 5.17. The second-order valence-electron chi connectivity index (χ2n) is 11.4. The van der Waals surface area contributed by atoms with E-state index in [-0.39, 0.29) is 21.8 Å². The van der Waals surface area contributed by atoms with Gasteiger partial charge in [0.25, 0.3) is 10.1 Å². The van der Waals surface area contributed by atoms with E-state index in [4.69, 9.17) is 4.18 Å². The summed E-state index contributed by atoms with van der Waals surface area (Å²) in [5.41, 5.74) is 1.25. The number of hydrogen-bond donors (Lipinski definition) is 0. The first-order valence-corrected chi connectivity index (χ1v) is 13.6. The maximum absolute atomic E-state index is 13.0. The minimum atomic E-state index is -3.75. The van der Waals surface area contributed by atoms with Crippen molar-refractivity contribution in [1.82, 2.24) is 0 Å². The number of hydrogen-bond acceptors (Lipinski definition) is 4. The lowest BCUT2D eigenvalue weighted by atomic mass is 9.45. The fraction of sp³-hybridized carbons (Fsp3) is 0.731. The lowest BCUT2D eigenvalue weighted by Crippen LogP contribution is -2.54. The number of rotatable bonds is 3. The van der Waals surface area contributed by atoms with Gasteiger partial charge in [0.15, 0.2) is 0 Å². The quantitative estimate of drug-likeness (QED) is 0.563. The van der Waals surface area contributed by atoms with Gasteiger partial charge in [0.05, 0.1) is 11.0 Å². The van der Waals surface area contributed by atoms with Crippen LogP contribution in [0.5, 0.6) is 0 Å². The predicted molar refractivity (Wildman–Crippen MR) is 120 cm³/mol. The van der Waals surface area contributed by atoms with Gasteiger partial charge in [0.1, 0.15) is 5.78 Å². The molecular weight excluding hydrogens is 408 g/mol. The number of Topliss-reactive ketones (excluding diaryl/α,β-unsaturated/α-hetero) is 1. The standard InChI is InChI=1S/C26H36O4S/c1-17-4-7-20(8-5-17)31(28,29)30-24-11-10-22-21-9-6-18-16-19(27)12-14-25(18,2)23(21)13-15-26(22,24)3/h4-5,7-8,18,21-24H,6,9-16H2,1-3H3/t18-,21+,22-,23+,24-,25-,26-/m0/s1. The lowest BCUT2D eigenvalue weighted by molar-refractivity contribution is -0.140. The predicted octanol–water partition coefficient (Wildman–Crippen LogP) is 5.68. The molecule has 7 atom stereocenters. The normalized spacial score (nSPS) is 42.5. The third-order valence-corrected chi connectivity index (χ3v) is 11.3. The van der Waals surface area contributed by atoms with Crippen molar-refractivity contribution >= 4 is 15.9 Å². The van der Waals surface area contributed by atoms with E-state index in [1.54, 1.807) is 12.1 Å². The zero-order chi connectivity index (χ0) is 22.0. The third-order valence-electron chi connectivity index (χ3n) is 9.95. The van der Waals surface area contributed by atoms with E-state index < -0.39 is 10.1 Å². The minimum Gasteiger partial charge on any atom is -0.300 e. The highest BCUT2D eigenvalue weighted by Gasteiger charge is 2.61. The fourth-order valence-electron chi connectivity index (χ4n) is 8.07. The third kappa shape index (κ3) is 3.42. The zero-order valence-corrected chi connectivity index (χ0v) is 19.9. The Labute approximate surface area is 187 Å². The van der Waals surface area contributed by atoms with Crippen molar-refractivity contribution in [2.45, 2.75) is 89.6 Å². The molecule has 4 fully saturated rings. The number of fused-ring (bicyclic) bond motifs is 5. The van der Waals surface area contributed by atoms with Crippen molar-refractivity contribution in [1.29, 1.82) is 0 Å². The van der Waals surface area contributed by atoms with Crippen LogP contribution in [0.1, 0.15) is 77.2 Å². The highest BCUT2D eigenvalue weighted by Crippen LogP contribution is 2.66. The van der Waals surface area contributed by atoms with Crippen LogP contribution < -0.4 is 0 Å². The van der Waals surface area contributed by atoms with Crippen molar-refractivity contribution in [3.05, 3.63) is 29.8 Å². The molecule has 5 rings (SSSR count). The van der Waals surface area contributed by atoms with Gasteiger partial charge < -0.3 is 0 Å². The molecule has 1 aromatic carbocycles. The van der Waals surface area contributed by atoms with Gasteiger partial charge in [-0.2, -0.15) is 8.42 Å². The van der Waals surface area contributed by atoms with E-state index in [1.165, 1.54) is 6.42 Å². The van der Waals surface area contributed by atoms with Crippen LogP contribution in [0.4, 0.5) is 0 Å². The zero-order valence-electron chi connectivity index (χ0n) is 19.1. The summed E-state index contributed by atoms with van der Waals surface area (Å²) in [7, 11) is -3.75. The number of aryl methyl sites for hydroxylation is 1. The molecule has 4 aliphatic rings. The Bertz CT molecular complexity index is 968. The van der Waals surface area contributed by atoms with E-state index >= 15 is 0 Å². The van der Waals surface area contributed by atoms with Crippen molar-refractivity contribution in [3.63, 3.8) is 0 Å². The van der Waals surface area contributed by atoms with Crippen LogP contribution in [0.2, 0.25) is 0 Å². The molecule has 0 aliphatic heterocycles. The van der Waals surface area contributed by atoms with Crippen LogP contribution in [0.25, 0.3) is 0 Å². The summed E-state index contributed by atoms with van der Waals surface area (Å²) in [6.07, 6.45) is 8.75. The number of ketones is 1. The molecule has 1 aromatic rings. The van der Waals surface area contributed by atoms with Crippen LogP contribution in [0, 0.1) is 41.4 Å². The summed E-state index contributed by atoms with van der Waals surface area (Å²) < 4.78 is 32.0. The van der Waals surface area contributed by atoms with Gasteiger partial charge >= 0.3 is 0 Å². The maximum atomic E-state index is 13.0. The molecule has 0 radical (unpaired) electrons. The van der Waals surface area contributed by atoms with Crippen molar-refractivity contribution < 1.29 is 17.4 Å². The molecule has 4 saturated carbocycles. The molecule has 0 heterocycles. The molecule has 170 valence electrons. The molecule has 0 aromatic heterocycles. The molecule has 0 N–H and O–H groups in total. The molecule has 0 saturated heterocycles. The molecule has 0 spiro atoms. The van der Waals surface area contributed by atoms with E-state index in [0.29, 0.717) is 29.5 Å². The first-order valence-electron chi connectivity index (χ1n) is 12.2. The van der Waals surface area contributed by atoms with Gasteiger partial charge in [0.2, 0.25) is 0 Å². The average Bonchev–Trinajstić information content (AvgIpc) is 3.04. The van der Waals surface area contributed by atoms with Crippen molar-refractivity contribution in [2.24, 2.45) is 34.5 Å². The van der Waals surface area contributed by atoms with Crippen LogP contribution >= 0.6 is 0 Å².